The third kappa shape index (κ3) is 5.21. The smallest absolute Gasteiger partial charge is 0.238 e. The van der Waals surface area contributed by atoms with Gasteiger partial charge in [0.1, 0.15) is 11.9 Å². The van der Waals surface area contributed by atoms with Gasteiger partial charge in [0.2, 0.25) is 5.91 Å². The minimum atomic E-state index is 0.0331. The number of carbonyl (C=O) groups excluding carboxylic acids is 1. The van der Waals surface area contributed by atoms with Crippen molar-refractivity contribution in [3.8, 4) is 5.75 Å². The third-order valence-corrected chi connectivity index (χ3v) is 5.77. The van der Waals surface area contributed by atoms with Crippen LogP contribution in [0.3, 0.4) is 0 Å². The van der Waals surface area contributed by atoms with Crippen molar-refractivity contribution >= 4 is 11.6 Å². The van der Waals surface area contributed by atoms with Crippen LogP contribution in [0.4, 0.5) is 5.69 Å². The number of likely N-dealkylation sites (N-methyl/N-ethyl adjacent to an activating group) is 1. The molecule has 0 bridgehead atoms. The van der Waals surface area contributed by atoms with Gasteiger partial charge in [-0.25, -0.2) is 0 Å². The van der Waals surface area contributed by atoms with E-state index in [1.165, 1.54) is 19.3 Å². The second-order valence-corrected chi connectivity index (χ2v) is 7.47. The van der Waals surface area contributed by atoms with Gasteiger partial charge in [-0.3, -0.25) is 9.69 Å². The number of anilines is 1. The van der Waals surface area contributed by atoms with E-state index in [-0.39, 0.29) is 5.91 Å². The summed E-state index contributed by atoms with van der Waals surface area (Å²) in [6, 6.07) is 8.63. The van der Waals surface area contributed by atoms with Gasteiger partial charge in [0.05, 0.1) is 6.54 Å². The fourth-order valence-corrected chi connectivity index (χ4v) is 3.77. The molecule has 3 rings (SSSR count). The summed E-state index contributed by atoms with van der Waals surface area (Å²) < 4.78 is 6.15. The van der Waals surface area contributed by atoms with Crippen LogP contribution < -0.4 is 10.1 Å². The van der Waals surface area contributed by atoms with E-state index in [1.807, 2.05) is 24.3 Å². The molecular formula is C21H33N3O2. The Balaban J connectivity index is 1.42. The molecule has 5 heteroatoms. The first-order chi connectivity index (χ1) is 12.7. The van der Waals surface area contributed by atoms with Crippen molar-refractivity contribution in [3.05, 3.63) is 24.3 Å². The first-order valence-corrected chi connectivity index (χ1v) is 10.2. The van der Waals surface area contributed by atoms with Gasteiger partial charge >= 0.3 is 0 Å². The van der Waals surface area contributed by atoms with Crippen LogP contribution in [0, 0.1) is 0 Å². The van der Waals surface area contributed by atoms with E-state index in [0.717, 1.165) is 56.5 Å². The molecule has 5 nitrogen and oxygen atoms in total. The Morgan fingerprint density at radius 1 is 1.12 bits per heavy atom. The summed E-state index contributed by atoms with van der Waals surface area (Å²) >= 11 is 0. The SMILES string of the molecule is CCN(CC)CC(=O)Nc1ccc(OC2CCN(C3CCC3)CC2)cc1. The van der Waals surface area contributed by atoms with Crippen LogP contribution in [-0.2, 0) is 4.79 Å². The number of ether oxygens (including phenoxy) is 1. The van der Waals surface area contributed by atoms with E-state index < -0.39 is 0 Å². The van der Waals surface area contributed by atoms with Crippen molar-refractivity contribution in [2.24, 2.45) is 0 Å². The molecule has 1 heterocycles. The minimum Gasteiger partial charge on any atom is -0.490 e. The molecule has 26 heavy (non-hydrogen) atoms. The van der Waals surface area contributed by atoms with Gasteiger partial charge in [0.25, 0.3) is 0 Å². The number of nitrogens with zero attached hydrogens (tertiary/aromatic N) is 2. The van der Waals surface area contributed by atoms with E-state index in [1.54, 1.807) is 0 Å². The summed E-state index contributed by atoms with van der Waals surface area (Å²) in [6.45, 7) is 8.67. The van der Waals surface area contributed by atoms with Gasteiger partial charge < -0.3 is 15.0 Å². The quantitative estimate of drug-likeness (QED) is 0.773. The predicted octanol–water partition coefficient (Wildman–Crippen LogP) is 3.36. The number of hydrogen-bond donors (Lipinski definition) is 1. The number of benzene rings is 1. The highest BCUT2D eigenvalue weighted by atomic mass is 16.5. The highest BCUT2D eigenvalue weighted by molar-refractivity contribution is 5.92. The van der Waals surface area contributed by atoms with Crippen molar-refractivity contribution in [2.45, 2.75) is 58.1 Å². The van der Waals surface area contributed by atoms with E-state index in [0.29, 0.717) is 12.6 Å². The van der Waals surface area contributed by atoms with Gasteiger partial charge in [-0.2, -0.15) is 0 Å². The van der Waals surface area contributed by atoms with Crippen LogP contribution in [-0.4, -0.2) is 60.6 Å². The molecular weight excluding hydrogens is 326 g/mol. The number of nitrogens with one attached hydrogen (secondary N) is 1. The summed E-state index contributed by atoms with van der Waals surface area (Å²) in [7, 11) is 0. The molecule has 0 atom stereocenters. The van der Waals surface area contributed by atoms with Gasteiger partial charge in [0.15, 0.2) is 0 Å². The highest BCUT2D eigenvalue weighted by Gasteiger charge is 2.29. The first kappa shape index (κ1) is 19.2. The molecule has 1 N–H and O–H groups in total. The van der Waals surface area contributed by atoms with Crippen LogP contribution in [0.5, 0.6) is 5.75 Å². The number of carbonyl (C=O) groups is 1. The summed E-state index contributed by atoms with van der Waals surface area (Å²) in [5, 5.41) is 2.96. The fraction of sp³-hybridized carbons (Fsp3) is 0.667. The zero-order valence-electron chi connectivity index (χ0n) is 16.2. The summed E-state index contributed by atoms with van der Waals surface area (Å²) in [6.07, 6.45) is 6.70. The first-order valence-electron chi connectivity index (χ1n) is 10.2. The third-order valence-electron chi connectivity index (χ3n) is 5.77. The lowest BCUT2D eigenvalue weighted by molar-refractivity contribution is -0.117. The molecule has 1 aromatic carbocycles. The molecule has 2 fully saturated rings. The minimum absolute atomic E-state index is 0.0331. The molecule has 2 aliphatic rings. The van der Waals surface area contributed by atoms with Crippen molar-refractivity contribution in [3.63, 3.8) is 0 Å². The molecule has 1 aliphatic heterocycles. The van der Waals surface area contributed by atoms with Crippen molar-refractivity contribution < 1.29 is 9.53 Å². The Kier molecular flexibility index (Phi) is 6.92. The second-order valence-electron chi connectivity index (χ2n) is 7.47. The maximum Gasteiger partial charge on any atom is 0.238 e. The Hall–Kier alpha value is -1.59. The molecule has 1 aliphatic carbocycles. The Morgan fingerprint density at radius 3 is 2.31 bits per heavy atom. The molecule has 0 aromatic heterocycles. The standard InChI is InChI=1S/C21H33N3O2/c1-3-23(4-2)16-21(25)22-17-8-10-19(11-9-17)26-20-12-14-24(15-13-20)18-6-5-7-18/h8-11,18,20H,3-7,12-16H2,1-2H3,(H,22,25). The van der Waals surface area contributed by atoms with Crippen molar-refractivity contribution in [2.75, 3.05) is 38.0 Å². The summed E-state index contributed by atoms with van der Waals surface area (Å²) in [5.41, 5.74) is 0.828. The van der Waals surface area contributed by atoms with Crippen LogP contribution in [0.1, 0.15) is 46.0 Å². The molecule has 1 saturated heterocycles. The van der Waals surface area contributed by atoms with Gasteiger partial charge in [-0.1, -0.05) is 20.3 Å². The maximum absolute atomic E-state index is 12.1. The number of amides is 1. The topological polar surface area (TPSA) is 44.8 Å². The molecule has 0 spiro atoms. The zero-order chi connectivity index (χ0) is 18.4. The van der Waals surface area contributed by atoms with Gasteiger partial charge in [-0.15, -0.1) is 0 Å². The van der Waals surface area contributed by atoms with E-state index in [2.05, 4.69) is 29.0 Å². The predicted molar refractivity (Wildman–Crippen MR) is 106 cm³/mol. The Morgan fingerprint density at radius 2 is 1.77 bits per heavy atom. The van der Waals surface area contributed by atoms with Gasteiger partial charge in [-0.05, 0) is 63.0 Å². The van der Waals surface area contributed by atoms with Gasteiger partial charge in [0, 0.05) is 24.8 Å². The van der Waals surface area contributed by atoms with E-state index >= 15 is 0 Å². The number of piperidine rings is 1. The van der Waals surface area contributed by atoms with E-state index in [9.17, 15) is 4.79 Å². The highest BCUT2D eigenvalue weighted by Crippen LogP contribution is 2.28. The molecule has 1 amide bonds. The second kappa shape index (κ2) is 9.38. The van der Waals surface area contributed by atoms with Crippen LogP contribution in [0.2, 0.25) is 0 Å². The lowest BCUT2D eigenvalue weighted by Gasteiger charge is -2.41. The lowest BCUT2D eigenvalue weighted by atomic mass is 9.90. The van der Waals surface area contributed by atoms with E-state index in [4.69, 9.17) is 4.74 Å². The zero-order valence-corrected chi connectivity index (χ0v) is 16.2. The largest absolute Gasteiger partial charge is 0.490 e. The molecule has 144 valence electrons. The average Bonchev–Trinajstić information content (AvgIpc) is 2.61. The molecule has 0 unspecified atom stereocenters. The van der Waals surface area contributed by atoms with Crippen LogP contribution >= 0.6 is 0 Å². The average molecular weight is 360 g/mol. The number of rotatable bonds is 8. The monoisotopic (exact) mass is 359 g/mol. The van der Waals surface area contributed by atoms with Crippen molar-refractivity contribution in [1.29, 1.82) is 0 Å². The Labute approximate surface area is 157 Å². The maximum atomic E-state index is 12.1. The van der Waals surface area contributed by atoms with Crippen LogP contribution in [0.15, 0.2) is 24.3 Å². The molecule has 1 aromatic rings. The number of likely N-dealkylation sites (tertiary alicyclic amines) is 1. The Bertz CT molecular complexity index is 559. The molecule has 0 radical (unpaired) electrons. The summed E-state index contributed by atoms with van der Waals surface area (Å²) in [4.78, 5) is 16.8. The normalized spacial score (nSPS) is 19.3. The summed E-state index contributed by atoms with van der Waals surface area (Å²) in [5.74, 6) is 0.930. The lowest BCUT2D eigenvalue weighted by Crippen LogP contribution is -2.46. The van der Waals surface area contributed by atoms with Crippen molar-refractivity contribution in [1.82, 2.24) is 9.80 Å². The number of hydrogen-bond acceptors (Lipinski definition) is 4. The van der Waals surface area contributed by atoms with Crippen LogP contribution in [0.25, 0.3) is 0 Å². The fourth-order valence-electron chi connectivity index (χ4n) is 3.77. The molecule has 1 saturated carbocycles.